The molecule has 4 nitrogen and oxygen atoms in total. The number of piperidine rings is 1. The van der Waals surface area contributed by atoms with Gasteiger partial charge in [-0.25, -0.2) is 0 Å². The van der Waals surface area contributed by atoms with E-state index in [1.807, 2.05) is 29.2 Å². The molecule has 2 rings (SSSR count). The van der Waals surface area contributed by atoms with Crippen molar-refractivity contribution in [3.8, 4) is 0 Å². The lowest BCUT2D eigenvalue weighted by Gasteiger charge is -2.37. The Morgan fingerprint density at radius 1 is 1.35 bits per heavy atom. The van der Waals surface area contributed by atoms with Gasteiger partial charge in [-0.2, -0.15) is 0 Å². The normalized spacial score (nSPS) is 19.0. The number of carbonyl (C=O) groups excluding carboxylic acids is 1. The molecule has 1 unspecified atom stereocenters. The molecule has 0 radical (unpaired) electrons. The van der Waals surface area contributed by atoms with Crippen LogP contribution in [0.2, 0.25) is 0 Å². The zero-order chi connectivity index (χ0) is 17.0. The van der Waals surface area contributed by atoms with Gasteiger partial charge in [-0.3, -0.25) is 4.79 Å². The van der Waals surface area contributed by atoms with E-state index in [1.54, 1.807) is 6.92 Å². The van der Waals surface area contributed by atoms with Crippen molar-refractivity contribution in [1.29, 1.82) is 0 Å². The van der Waals surface area contributed by atoms with Crippen molar-refractivity contribution in [3.63, 3.8) is 0 Å². The van der Waals surface area contributed by atoms with Gasteiger partial charge < -0.3 is 15.4 Å². The number of ether oxygens (including phenoxy) is 1. The minimum atomic E-state index is -0.994. The number of nitrogens with zero attached hydrogens (tertiary/aromatic N) is 1. The second kappa shape index (κ2) is 7.77. The molecule has 1 heterocycles. The summed E-state index contributed by atoms with van der Waals surface area (Å²) in [5, 5.41) is 0. The average molecular weight is 383 g/mol. The molecular weight excluding hydrogens is 356 g/mol. The summed E-state index contributed by atoms with van der Waals surface area (Å²) in [6.45, 7) is 8.30. The van der Waals surface area contributed by atoms with Crippen molar-refractivity contribution in [2.75, 3.05) is 19.7 Å². The number of rotatable bonds is 5. The first-order valence-corrected chi connectivity index (χ1v) is 9.06. The van der Waals surface area contributed by atoms with E-state index in [0.29, 0.717) is 19.0 Å². The van der Waals surface area contributed by atoms with E-state index >= 15 is 0 Å². The molecule has 1 saturated heterocycles. The standard InChI is InChI=1S/C18H27BrN2O2/c1-13(2)12-23-16-8-10-21(11-9-16)17(22)18(3,20)14-4-6-15(19)7-5-14/h4-7,13,16H,8-12,20H2,1-3H3. The average Bonchev–Trinajstić information content (AvgIpc) is 2.53. The summed E-state index contributed by atoms with van der Waals surface area (Å²) >= 11 is 3.41. The molecule has 1 aliphatic heterocycles. The Hall–Kier alpha value is -0.910. The number of amides is 1. The molecule has 1 amide bonds. The predicted molar refractivity (Wildman–Crippen MR) is 96.1 cm³/mol. The van der Waals surface area contributed by atoms with Gasteiger partial charge in [0.05, 0.1) is 6.10 Å². The lowest BCUT2D eigenvalue weighted by atomic mass is 9.90. The topological polar surface area (TPSA) is 55.6 Å². The lowest BCUT2D eigenvalue weighted by molar-refractivity contribution is -0.139. The molecule has 1 atom stereocenters. The van der Waals surface area contributed by atoms with Crippen molar-refractivity contribution in [2.24, 2.45) is 11.7 Å². The van der Waals surface area contributed by atoms with Gasteiger partial charge in [-0.1, -0.05) is 41.9 Å². The van der Waals surface area contributed by atoms with Gasteiger partial charge >= 0.3 is 0 Å². The van der Waals surface area contributed by atoms with E-state index in [2.05, 4.69) is 29.8 Å². The highest BCUT2D eigenvalue weighted by Crippen LogP contribution is 2.25. The first-order chi connectivity index (χ1) is 10.8. The van der Waals surface area contributed by atoms with Gasteiger partial charge in [0.2, 0.25) is 5.91 Å². The van der Waals surface area contributed by atoms with Crippen molar-refractivity contribution in [1.82, 2.24) is 4.90 Å². The Morgan fingerprint density at radius 2 is 1.91 bits per heavy atom. The third-order valence-electron chi connectivity index (χ3n) is 4.28. The van der Waals surface area contributed by atoms with E-state index in [1.165, 1.54) is 0 Å². The summed E-state index contributed by atoms with van der Waals surface area (Å²) in [5.41, 5.74) is 6.20. The molecule has 1 aromatic carbocycles. The number of likely N-dealkylation sites (tertiary alicyclic amines) is 1. The van der Waals surface area contributed by atoms with Crippen LogP contribution in [0.4, 0.5) is 0 Å². The number of benzene rings is 1. The van der Waals surface area contributed by atoms with Gasteiger partial charge in [0.15, 0.2) is 0 Å². The smallest absolute Gasteiger partial charge is 0.246 e. The summed E-state index contributed by atoms with van der Waals surface area (Å²) in [4.78, 5) is 14.7. The first kappa shape index (κ1) is 18.4. The zero-order valence-corrected chi connectivity index (χ0v) is 15.8. The van der Waals surface area contributed by atoms with Gasteiger partial charge in [0.1, 0.15) is 5.54 Å². The summed E-state index contributed by atoms with van der Waals surface area (Å²) < 4.78 is 6.86. The quantitative estimate of drug-likeness (QED) is 0.849. The Kier molecular flexibility index (Phi) is 6.23. The third kappa shape index (κ3) is 4.78. The Morgan fingerprint density at radius 3 is 2.43 bits per heavy atom. The molecule has 0 spiro atoms. The van der Waals surface area contributed by atoms with E-state index in [4.69, 9.17) is 10.5 Å². The molecule has 0 aliphatic carbocycles. The fraction of sp³-hybridized carbons (Fsp3) is 0.611. The fourth-order valence-electron chi connectivity index (χ4n) is 2.80. The highest BCUT2D eigenvalue weighted by Gasteiger charge is 2.36. The Bertz CT molecular complexity index is 520. The van der Waals surface area contributed by atoms with Crippen LogP contribution >= 0.6 is 15.9 Å². The van der Waals surface area contributed by atoms with E-state index < -0.39 is 5.54 Å². The molecule has 0 saturated carbocycles. The predicted octanol–water partition coefficient (Wildman–Crippen LogP) is 3.29. The SMILES string of the molecule is CC(C)COC1CCN(C(=O)C(C)(N)c2ccc(Br)cc2)CC1. The molecular formula is C18H27BrN2O2. The second-order valence-electron chi connectivity index (χ2n) is 6.93. The molecule has 0 bridgehead atoms. The fourth-order valence-corrected chi connectivity index (χ4v) is 3.07. The molecule has 1 aromatic rings. The number of carbonyl (C=O) groups is 1. The highest BCUT2D eigenvalue weighted by molar-refractivity contribution is 9.10. The van der Waals surface area contributed by atoms with Gasteiger partial charge in [0.25, 0.3) is 0 Å². The number of hydrogen-bond donors (Lipinski definition) is 1. The maximum absolute atomic E-state index is 12.8. The van der Waals surface area contributed by atoms with Gasteiger partial charge in [0, 0.05) is 24.2 Å². The van der Waals surface area contributed by atoms with Crippen LogP contribution in [0.15, 0.2) is 28.7 Å². The number of hydrogen-bond acceptors (Lipinski definition) is 3. The van der Waals surface area contributed by atoms with Crippen molar-refractivity contribution < 1.29 is 9.53 Å². The van der Waals surface area contributed by atoms with Crippen LogP contribution in [0.1, 0.15) is 39.2 Å². The van der Waals surface area contributed by atoms with Crippen LogP contribution in [0.3, 0.4) is 0 Å². The molecule has 5 heteroatoms. The van der Waals surface area contributed by atoms with E-state index in [-0.39, 0.29) is 12.0 Å². The molecule has 23 heavy (non-hydrogen) atoms. The van der Waals surface area contributed by atoms with Crippen LogP contribution in [-0.2, 0) is 15.1 Å². The van der Waals surface area contributed by atoms with Crippen molar-refractivity contribution in [2.45, 2.75) is 45.3 Å². The number of nitrogens with two attached hydrogens (primary N) is 1. The van der Waals surface area contributed by atoms with Crippen LogP contribution < -0.4 is 5.73 Å². The van der Waals surface area contributed by atoms with Crippen LogP contribution in [-0.4, -0.2) is 36.6 Å². The molecule has 128 valence electrons. The molecule has 0 aromatic heterocycles. The highest BCUT2D eigenvalue weighted by atomic mass is 79.9. The van der Waals surface area contributed by atoms with E-state index in [9.17, 15) is 4.79 Å². The largest absolute Gasteiger partial charge is 0.378 e. The number of halogens is 1. The summed E-state index contributed by atoms with van der Waals surface area (Å²) in [5.74, 6) is 0.529. The summed E-state index contributed by atoms with van der Waals surface area (Å²) in [6.07, 6.45) is 2.03. The molecule has 1 fully saturated rings. The minimum absolute atomic E-state index is 0.0119. The van der Waals surface area contributed by atoms with Gasteiger partial charge in [-0.05, 0) is 43.4 Å². The van der Waals surface area contributed by atoms with Crippen LogP contribution in [0.5, 0.6) is 0 Å². The Labute approximate surface area is 147 Å². The first-order valence-electron chi connectivity index (χ1n) is 8.26. The lowest BCUT2D eigenvalue weighted by Crippen LogP contribution is -2.53. The van der Waals surface area contributed by atoms with Crippen molar-refractivity contribution in [3.05, 3.63) is 34.3 Å². The Balaban J connectivity index is 1.94. The van der Waals surface area contributed by atoms with Crippen LogP contribution in [0.25, 0.3) is 0 Å². The van der Waals surface area contributed by atoms with E-state index in [0.717, 1.165) is 29.5 Å². The van der Waals surface area contributed by atoms with Crippen molar-refractivity contribution >= 4 is 21.8 Å². The summed E-state index contributed by atoms with van der Waals surface area (Å²) in [6, 6.07) is 7.64. The minimum Gasteiger partial charge on any atom is -0.378 e. The third-order valence-corrected chi connectivity index (χ3v) is 4.81. The summed E-state index contributed by atoms with van der Waals surface area (Å²) in [7, 11) is 0. The zero-order valence-electron chi connectivity index (χ0n) is 14.2. The second-order valence-corrected chi connectivity index (χ2v) is 7.84. The maximum atomic E-state index is 12.8. The van der Waals surface area contributed by atoms with Crippen LogP contribution in [0, 0.1) is 5.92 Å². The monoisotopic (exact) mass is 382 g/mol. The molecule has 2 N–H and O–H groups in total. The van der Waals surface area contributed by atoms with Gasteiger partial charge in [-0.15, -0.1) is 0 Å². The molecule has 1 aliphatic rings. The maximum Gasteiger partial charge on any atom is 0.246 e.